The molecule has 0 amide bonds. The number of fused-ring (bicyclic) bond motifs is 6. The van der Waals surface area contributed by atoms with Gasteiger partial charge in [0.25, 0.3) is 0 Å². The van der Waals surface area contributed by atoms with Crippen molar-refractivity contribution in [1.82, 2.24) is 9.55 Å². The molecule has 140 valence electrons. The summed E-state index contributed by atoms with van der Waals surface area (Å²) in [6.45, 7) is 8.16. The lowest BCUT2D eigenvalue weighted by atomic mass is 9.87. The molecule has 2 aliphatic rings. The Morgan fingerprint density at radius 2 is 1.68 bits per heavy atom. The highest BCUT2D eigenvalue weighted by Crippen LogP contribution is 2.53. The number of hydrogen-bond donors (Lipinski definition) is 0. The number of hydrogen-bond acceptors (Lipinski definition) is 3. The Hall–Kier alpha value is -3.27. The largest absolute Gasteiger partial charge is 0.461 e. The van der Waals surface area contributed by atoms with Crippen LogP contribution in [0.1, 0.15) is 30.8 Å². The Kier molecular flexibility index (Phi) is 3.53. The molecule has 1 aromatic heterocycles. The van der Waals surface area contributed by atoms with Crippen LogP contribution >= 0.6 is 0 Å². The lowest BCUT2D eigenvalue weighted by Gasteiger charge is -2.45. The Morgan fingerprint density at radius 1 is 0.964 bits per heavy atom. The lowest BCUT2D eigenvalue weighted by molar-refractivity contribution is 0.0566. The smallest absolute Gasteiger partial charge is 0.247 e. The third-order valence-electron chi connectivity index (χ3n) is 5.64. The van der Waals surface area contributed by atoms with Crippen molar-refractivity contribution in [2.24, 2.45) is 0 Å². The average molecular weight is 370 g/mol. The third kappa shape index (κ3) is 2.03. The number of aromatic nitrogens is 2. The number of ether oxygens (including phenoxy) is 2. The van der Waals surface area contributed by atoms with E-state index in [4.69, 9.17) is 14.5 Å². The van der Waals surface area contributed by atoms with E-state index in [2.05, 4.69) is 29.7 Å². The second kappa shape index (κ2) is 5.86. The molecule has 0 radical (unpaired) electrons. The van der Waals surface area contributed by atoms with Crippen LogP contribution < -0.4 is 9.47 Å². The molecular weight excluding hydrogens is 348 g/mol. The van der Waals surface area contributed by atoms with Crippen molar-refractivity contribution in [2.75, 3.05) is 0 Å². The second-order valence-corrected chi connectivity index (χ2v) is 7.25. The van der Waals surface area contributed by atoms with Gasteiger partial charge in [-0.1, -0.05) is 36.4 Å². The number of nitrogens with zero attached hydrogens (tertiary/aromatic N) is 2. The normalized spacial score (nSPS) is 19.9. The first-order valence-electron chi connectivity index (χ1n) is 9.54. The van der Waals surface area contributed by atoms with Crippen molar-refractivity contribution >= 4 is 0 Å². The maximum absolute atomic E-state index is 6.88. The topological polar surface area (TPSA) is 36.3 Å². The van der Waals surface area contributed by atoms with Gasteiger partial charge in [-0.15, -0.1) is 0 Å². The number of rotatable bonds is 1. The minimum atomic E-state index is -0.861. The fraction of sp³-hybridized carbons (Fsp3) is 0.208. The molecule has 2 aliphatic heterocycles. The van der Waals surface area contributed by atoms with Crippen LogP contribution in [0.25, 0.3) is 11.4 Å². The first-order valence-corrected chi connectivity index (χ1v) is 9.54. The lowest BCUT2D eigenvalue weighted by Crippen LogP contribution is -2.48. The van der Waals surface area contributed by atoms with Crippen molar-refractivity contribution < 1.29 is 9.47 Å². The van der Waals surface area contributed by atoms with Crippen LogP contribution in [0.3, 0.4) is 0 Å². The highest BCUT2D eigenvalue weighted by Gasteiger charge is 2.51. The number of para-hydroxylation sites is 2. The molecule has 0 saturated heterocycles. The van der Waals surface area contributed by atoms with Crippen LogP contribution in [0, 0.1) is 13.8 Å². The number of allylic oxidation sites excluding steroid dienone is 2. The van der Waals surface area contributed by atoms with E-state index in [0.29, 0.717) is 0 Å². The molecule has 0 fully saturated rings. The third-order valence-corrected chi connectivity index (χ3v) is 5.64. The molecule has 0 N–H and O–H groups in total. The van der Waals surface area contributed by atoms with Crippen LogP contribution in [0.15, 0.2) is 72.0 Å². The molecule has 1 atom stereocenters. The van der Waals surface area contributed by atoms with E-state index in [1.807, 2.05) is 63.2 Å². The Labute approximate surface area is 164 Å². The molecule has 2 aromatic carbocycles. The Morgan fingerprint density at radius 3 is 2.46 bits per heavy atom. The zero-order valence-electron chi connectivity index (χ0n) is 16.5. The van der Waals surface area contributed by atoms with E-state index in [0.717, 1.165) is 51.2 Å². The van der Waals surface area contributed by atoms with Gasteiger partial charge in [0.05, 0.1) is 22.4 Å². The van der Waals surface area contributed by atoms with Gasteiger partial charge in [0, 0.05) is 5.69 Å². The minimum Gasteiger partial charge on any atom is -0.461 e. The summed E-state index contributed by atoms with van der Waals surface area (Å²) in [6.07, 6.45) is 4.11. The molecule has 1 unspecified atom stereocenters. The average Bonchev–Trinajstić information content (AvgIpc) is 3.01. The fourth-order valence-corrected chi connectivity index (χ4v) is 4.31. The summed E-state index contributed by atoms with van der Waals surface area (Å²) in [6, 6.07) is 16.2. The van der Waals surface area contributed by atoms with Crippen LogP contribution in [-0.2, 0) is 5.72 Å². The quantitative estimate of drug-likeness (QED) is 0.567. The summed E-state index contributed by atoms with van der Waals surface area (Å²) in [5.74, 6) is 3.38. The first kappa shape index (κ1) is 16.9. The van der Waals surface area contributed by atoms with Gasteiger partial charge in [-0.05, 0) is 52.0 Å². The molecule has 3 aromatic rings. The fourth-order valence-electron chi connectivity index (χ4n) is 4.31. The second-order valence-electron chi connectivity index (χ2n) is 7.25. The summed E-state index contributed by atoms with van der Waals surface area (Å²) < 4.78 is 15.3. The summed E-state index contributed by atoms with van der Waals surface area (Å²) in [5, 5.41) is 0. The van der Waals surface area contributed by atoms with Gasteiger partial charge in [-0.2, -0.15) is 0 Å². The zero-order chi connectivity index (χ0) is 19.5. The summed E-state index contributed by atoms with van der Waals surface area (Å²) >= 11 is 0. The number of imidazole rings is 1. The minimum absolute atomic E-state index is 0.810. The molecule has 0 bridgehead atoms. The van der Waals surface area contributed by atoms with Gasteiger partial charge >= 0.3 is 0 Å². The predicted octanol–water partition coefficient (Wildman–Crippen LogP) is 5.50. The van der Waals surface area contributed by atoms with Crippen molar-refractivity contribution in [3.8, 4) is 22.9 Å². The Bertz CT molecular complexity index is 1170. The van der Waals surface area contributed by atoms with Crippen molar-refractivity contribution in [3.05, 3.63) is 89.0 Å². The van der Waals surface area contributed by atoms with Crippen molar-refractivity contribution in [3.63, 3.8) is 0 Å². The van der Waals surface area contributed by atoms with E-state index in [1.165, 1.54) is 0 Å². The molecule has 3 heterocycles. The van der Waals surface area contributed by atoms with Crippen LogP contribution in [-0.4, -0.2) is 9.55 Å². The van der Waals surface area contributed by atoms with E-state index in [1.54, 1.807) is 0 Å². The molecule has 1 spiro atoms. The van der Waals surface area contributed by atoms with Gasteiger partial charge < -0.3 is 9.47 Å². The summed E-state index contributed by atoms with van der Waals surface area (Å²) in [7, 11) is 0. The number of benzene rings is 2. The predicted molar refractivity (Wildman–Crippen MR) is 109 cm³/mol. The van der Waals surface area contributed by atoms with Gasteiger partial charge in [0.1, 0.15) is 23.1 Å². The molecule has 4 nitrogen and oxygen atoms in total. The highest BCUT2D eigenvalue weighted by molar-refractivity contribution is 5.70. The summed E-state index contributed by atoms with van der Waals surface area (Å²) in [4.78, 5) is 4.93. The molecular formula is C24H22N2O2. The van der Waals surface area contributed by atoms with E-state index >= 15 is 0 Å². The van der Waals surface area contributed by atoms with Crippen molar-refractivity contribution in [1.29, 1.82) is 0 Å². The van der Waals surface area contributed by atoms with E-state index < -0.39 is 5.72 Å². The first-order chi connectivity index (χ1) is 13.6. The summed E-state index contributed by atoms with van der Waals surface area (Å²) in [5.41, 5.74) is 4.17. The SMILES string of the molecule is C/C=C\C1=C(C)Oc2ccccc2C12Oc1ccccc1-c1nc(C)c(C)n12. The highest BCUT2D eigenvalue weighted by atomic mass is 16.5. The maximum atomic E-state index is 6.88. The Balaban J connectivity index is 1.96. The molecule has 0 saturated carbocycles. The van der Waals surface area contributed by atoms with Gasteiger partial charge in [0.15, 0.2) is 0 Å². The molecule has 4 heteroatoms. The van der Waals surface area contributed by atoms with Gasteiger partial charge in [0.2, 0.25) is 5.72 Å². The van der Waals surface area contributed by atoms with Crippen LogP contribution in [0.5, 0.6) is 11.5 Å². The monoisotopic (exact) mass is 370 g/mol. The van der Waals surface area contributed by atoms with Crippen molar-refractivity contribution in [2.45, 2.75) is 33.4 Å². The maximum Gasteiger partial charge on any atom is 0.247 e. The number of aryl methyl sites for hydroxylation is 1. The van der Waals surface area contributed by atoms with E-state index in [9.17, 15) is 0 Å². The molecule has 0 aliphatic carbocycles. The van der Waals surface area contributed by atoms with Crippen LogP contribution in [0.4, 0.5) is 0 Å². The van der Waals surface area contributed by atoms with Crippen LogP contribution in [0.2, 0.25) is 0 Å². The van der Waals surface area contributed by atoms with Gasteiger partial charge in [-0.25, -0.2) is 4.98 Å². The molecule has 28 heavy (non-hydrogen) atoms. The standard InChI is InChI=1S/C24H22N2O2/c1-5-10-19-17(4)27-22-14-9-7-12-20(22)24(19)26-16(3)15(2)25-23(26)18-11-6-8-13-21(18)28-24/h5-14H,1-4H3/b10-5-. The van der Waals surface area contributed by atoms with Gasteiger partial charge in [-0.3, -0.25) is 4.57 Å². The van der Waals surface area contributed by atoms with E-state index in [-0.39, 0.29) is 0 Å². The zero-order valence-corrected chi connectivity index (χ0v) is 16.5. The molecule has 5 rings (SSSR count).